The fourth-order valence-corrected chi connectivity index (χ4v) is 5.36. The Hall–Kier alpha value is -5.24. The Morgan fingerprint density at radius 3 is 1.45 bits per heavy atom. The van der Waals surface area contributed by atoms with Crippen molar-refractivity contribution < 1.29 is 38.5 Å². The molecule has 1 atom stereocenters. The second kappa shape index (κ2) is 17.5. The van der Waals surface area contributed by atoms with E-state index in [2.05, 4.69) is 6.92 Å². The van der Waals surface area contributed by atoms with Gasteiger partial charge in [-0.05, 0) is 40.7 Å². The Labute approximate surface area is 275 Å². The molecule has 0 aliphatic heterocycles. The molecule has 0 spiro atoms. The average molecular weight is 637 g/mol. The smallest absolute Gasteiger partial charge is 0.339 e. The number of esters is 3. The van der Waals surface area contributed by atoms with E-state index in [1.165, 1.54) is 0 Å². The molecule has 8 nitrogen and oxygen atoms in total. The SMILES string of the molecule is CCCCC(CC)Cc1c(C(=O)OCc2ccccc2)c(C(=O)O)cc(C(=O)OCc2ccccc2)c1C(=O)OCc1ccccc1. The van der Waals surface area contributed by atoms with Crippen LogP contribution in [0.1, 0.15) is 103 Å². The minimum absolute atomic E-state index is 0.0199. The van der Waals surface area contributed by atoms with Crippen LogP contribution in [0.25, 0.3) is 0 Å². The molecule has 4 aromatic carbocycles. The number of hydrogen-bond donors (Lipinski definition) is 1. The van der Waals surface area contributed by atoms with Crippen LogP contribution < -0.4 is 0 Å². The van der Waals surface area contributed by atoms with Crippen LogP contribution in [0.15, 0.2) is 97.1 Å². The van der Waals surface area contributed by atoms with E-state index < -0.39 is 29.4 Å². The monoisotopic (exact) mass is 636 g/mol. The van der Waals surface area contributed by atoms with Crippen LogP contribution >= 0.6 is 0 Å². The van der Waals surface area contributed by atoms with Gasteiger partial charge in [-0.3, -0.25) is 0 Å². The summed E-state index contributed by atoms with van der Waals surface area (Å²) in [4.78, 5) is 54.3. The van der Waals surface area contributed by atoms with Crippen molar-refractivity contribution in [3.63, 3.8) is 0 Å². The highest BCUT2D eigenvalue weighted by Crippen LogP contribution is 2.32. The normalized spacial score (nSPS) is 11.4. The molecule has 0 aromatic heterocycles. The van der Waals surface area contributed by atoms with E-state index in [1.807, 2.05) is 37.3 Å². The lowest BCUT2D eigenvalue weighted by Gasteiger charge is -2.23. The van der Waals surface area contributed by atoms with Crippen LogP contribution in [-0.4, -0.2) is 29.0 Å². The molecule has 0 radical (unpaired) electrons. The molecule has 8 heteroatoms. The number of aromatic carboxylic acids is 1. The molecule has 47 heavy (non-hydrogen) atoms. The summed E-state index contributed by atoms with van der Waals surface area (Å²) in [5.41, 5.74) is 1.05. The number of benzene rings is 4. The lowest BCUT2D eigenvalue weighted by atomic mass is 9.83. The molecule has 1 N–H and O–H groups in total. The van der Waals surface area contributed by atoms with Crippen molar-refractivity contribution in [2.75, 3.05) is 0 Å². The van der Waals surface area contributed by atoms with Gasteiger partial charge in [-0.2, -0.15) is 0 Å². The molecule has 0 aliphatic carbocycles. The molecule has 0 bridgehead atoms. The van der Waals surface area contributed by atoms with Gasteiger partial charge < -0.3 is 19.3 Å². The van der Waals surface area contributed by atoms with Crippen LogP contribution in [0.4, 0.5) is 0 Å². The summed E-state index contributed by atoms with van der Waals surface area (Å²) in [6.45, 7) is 3.75. The third-order valence-corrected chi connectivity index (χ3v) is 7.96. The van der Waals surface area contributed by atoms with Crippen molar-refractivity contribution in [1.29, 1.82) is 0 Å². The first-order valence-corrected chi connectivity index (χ1v) is 15.9. The van der Waals surface area contributed by atoms with E-state index in [9.17, 15) is 24.3 Å². The van der Waals surface area contributed by atoms with Gasteiger partial charge >= 0.3 is 23.9 Å². The summed E-state index contributed by atoms with van der Waals surface area (Å²) in [5, 5.41) is 10.4. The minimum Gasteiger partial charge on any atom is -0.478 e. The van der Waals surface area contributed by atoms with Crippen LogP contribution in [-0.2, 0) is 40.5 Å². The number of hydrogen-bond acceptors (Lipinski definition) is 7. The molecule has 244 valence electrons. The van der Waals surface area contributed by atoms with Crippen LogP contribution in [0.5, 0.6) is 0 Å². The third-order valence-electron chi connectivity index (χ3n) is 7.96. The topological polar surface area (TPSA) is 116 Å². The Morgan fingerprint density at radius 2 is 1.04 bits per heavy atom. The number of unbranched alkanes of at least 4 members (excludes halogenated alkanes) is 1. The first-order valence-electron chi connectivity index (χ1n) is 15.9. The van der Waals surface area contributed by atoms with E-state index in [4.69, 9.17) is 14.2 Å². The highest BCUT2D eigenvalue weighted by Gasteiger charge is 2.34. The third kappa shape index (κ3) is 9.63. The predicted molar refractivity (Wildman–Crippen MR) is 177 cm³/mol. The van der Waals surface area contributed by atoms with Crippen molar-refractivity contribution >= 4 is 23.9 Å². The zero-order chi connectivity index (χ0) is 33.6. The minimum atomic E-state index is -1.44. The number of carboxylic acids is 1. The molecule has 4 rings (SSSR count). The van der Waals surface area contributed by atoms with Crippen molar-refractivity contribution in [2.24, 2.45) is 5.92 Å². The Balaban J connectivity index is 1.86. The van der Waals surface area contributed by atoms with Gasteiger partial charge in [0.25, 0.3) is 0 Å². The van der Waals surface area contributed by atoms with Crippen LogP contribution in [0.3, 0.4) is 0 Å². The largest absolute Gasteiger partial charge is 0.478 e. The Bertz CT molecular complexity index is 1650. The van der Waals surface area contributed by atoms with E-state index in [0.29, 0.717) is 17.5 Å². The zero-order valence-electron chi connectivity index (χ0n) is 26.8. The maximum atomic E-state index is 14.0. The van der Waals surface area contributed by atoms with Gasteiger partial charge in [0, 0.05) is 0 Å². The summed E-state index contributed by atoms with van der Waals surface area (Å²) in [6.07, 6.45) is 3.45. The Morgan fingerprint density at radius 1 is 0.617 bits per heavy atom. The molecule has 0 amide bonds. The standard InChI is InChI=1S/C39H40O8/c1-3-5-15-27(4-2)22-31-34(38(43)46-25-29-18-11-7-12-19-29)32(36(40)41)23-33(37(42)45-24-28-16-9-6-10-17-28)35(31)39(44)47-26-30-20-13-8-14-21-30/h6-14,16-21,23,27H,3-5,15,22,24-26H2,1-2H3,(H,40,41). The fourth-order valence-electron chi connectivity index (χ4n) is 5.36. The van der Waals surface area contributed by atoms with Crippen molar-refractivity contribution in [3.05, 3.63) is 142 Å². The maximum Gasteiger partial charge on any atom is 0.339 e. The van der Waals surface area contributed by atoms with Gasteiger partial charge in [0.1, 0.15) is 19.8 Å². The van der Waals surface area contributed by atoms with Gasteiger partial charge in [-0.1, -0.05) is 131 Å². The fraction of sp³-hybridized carbons (Fsp3) is 0.282. The molecule has 0 heterocycles. The average Bonchev–Trinajstić information content (AvgIpc) is 3.10. The van der Waals surface area contributed by atoms with Gasteiger partial charge in [0.2, 0.25) is 0 Å². The molecular weight excluding hydrogens is 596 g/mol. The molecular formula is C39H40O8. The van der Waals surface area contributed by atoms with Crippen molar-refractivity contribution in [1.82, 2.24) is 0 Å². The first kappa shape index (κ1) is 34.6. The quantitative estimate of drug-likeness (QED) is 0.0966. The van der Waals surface area contributed by atoms with E-state index in [1.54, 1.807) is 60.7 Å². The molecule has 4 aromatic rings. The van der Waals surface area contributed by atoms with Gasteiger partial charge in [-0.15, -0.1) is 0 Å². The van der Waals surface area contributed by atoms with Gasteiger partial charge in [0.15, 0.2) is 0 Å². The number of carboxylic acid groups (broad SMARTS) is 1. The summed E-state index contributed by atoms with van der Waals surface area (Å²) >= 11 is 0. The van der Waals surface area contributed by atoms with Crippen molar-refractivity contribution in [2.45, 2.75) is 65.8 Å². The number of carbonyl (C=O) groups excluding carboxylic acids is 3. The number of rotatable bonds is 16. The number of ether oxygens (including phenoxy) is 3. The van der Waals surface area contributed by atoms with Gasteiger partial charge in [0.05, 0.1) is 22.3 Å². The molecule has 0 saturated carbocycles. The van der Waals surface area contributed by atoms with E-state index >= 15 is 0 Å². The van der Waals surface area contributed by atoms with Crippen LogP contribution in [0, 0.1) is 5.92 Å². The second-order valence-corrected chi connectivity index (χ2v) is 11.3. The molecule has 1 unspecified atom stereocenters. The highest BCUT2D eigenvalue weighted by atomic mass is 16.5. The maximum absolute atomic E-state index is 14.0. The number of carbonyl (C=O) groups is 4. The van der Waals surface area contributed by atoms with Crippen LogP contribution in [0.2, 0.25) is 0 Å². The summed E-state index contributed by atoms with van der Waals surface area (Å²) in [7, 11) is 0. The molecule has 0 saturated heterocycles. The first-order chi connectivity index (χ1) is 22.8. The van der Waals surface area contributed by atoms with E-state index in [-0.39, 0.29) is 54.4 Å². The zero-order valence-corrected chi connectivity index (χ0v) is 26.8. The summed E-state index contributed by atoms with van der Waals surface area (Å²) in [5.74, 6) is -4.15. The van der Waals surface area contributed by atoms with Gasteiger partial charge in [-0.25, -0.2) is 19.2 Å². The lowest BCUT2D eigenvalue weighted by molar-refractivity contribution is 0.0418. The molecule has 0 aliphatic rings. The highest BCUT2D eigenvalue weighted by molar-refractivity contribution is 6.12. The molecule has 0 fully saturated rings. The van der Waals surface area contributed by atoms with Crippen molar-refractivity contribution in [3.8, 4) is 0 Å². The summed E-state index contributed by atoms with van der Waals surface area (Å²) < 4.78 is 17.0. The predicted octanol–water partition coefficient (Wildman–Crippen LogP) is 8.21. The van der Waals surface area contributed by atoms with E-state index in [0.717, 1.165) is 30.9 Å². The summed E-state index contributed by atoms with van der Waals surface area (Å²) in [6, 6.07) is 28.0. The lowest BCUT2D eigenvalue weighted by Crippen LogP contribution is -2.25. The Kier molecular flexibility index (Phi) is 12.9. The second-order valence-electron chi connectivity index (χ2n) is 11.3.